The molecule has 0 N–H and O–H groups in total. The summed E-state index contributed by atoms with van der Waals surface area (Å²) in [5.74, 6) is 0. The third-order valence-corrected chi connectivity index (χ3v) is 3.81. The Balaban J connectivity index is 1.87. The van der Waals surface area contributed by atoms with Crippen molar-refractivity contribution in [2.24, 2.45) is 0 Å². The van der Waals surface area contributed by atoms with E-state index in [4.69, 9.17) is 11.6 Å². The first kappa shape index (κ1) is 16.8. The molecule has 0 unspecified atom stereocenters. The molecule has 9 heteroatoms. The number of benzene rings is 1. The lowest BCUT2D eigenvalue weighted by Crippen LogP contribution is -2.40. The highest BCUT2D eigenvalue weighted by Crippen LogP contribution is 2.08. The van der Waals surface area contributed by atoms with Gasteiger partial charge in [-0.15, -0.1) is 4.68 Å². The monoisotopic (exact) mass is 358 g/mol. The fourth-order valence-electron chi connectivity index (χ4n) is 2.27. The third kappa shape index (κ3) is 3.58. The topological polar surface area (TPSA) is 85.9 Å². The Hall–Kier alpha value is -3.00. The summed E-state index contributed by atoms with van der Waals surface area (Å²) in [6.07, 6.45) is 1.38. The molecule has 8 nitrogen and oxygen atoms in total. The van der Waals surface area contributed by atoms with Crippen LogP contribution in [-0.2, 0) is 6.54 Å². The van der Waals surface area contributed by atoms with Crippen LogP contribution in [0, 0.1) is 0 Å². The Labute approximate surface area is 148 Å². The second-order valence-electron chi connectivity index (χ2n) is 5.21. The number of hydrogen-bond donors (Lipinski definition) is 0. The summed E-state index contributed by atoms with van der Waals surface area (Å²) in [6, 6.07) is 12.1. The van der Waals surface area contributed by atoms with E-state index >= 15 is 0 Å². The van der Waals surface area contributed by atoms with Gasteiger partial charge in [0.25, 0.3) is 0 Å². The van der Waals surface area contributed by atoms with Gasteiger partial charge in [0, 0.05) is 13.1 Å². The number of carbonyl (C=O) groups is 1. The van der Waals surface area contributed by atoms with E-state index in [1.54, 1.807) is 6.07 Å². The van der Waals surface area contributed by atoms with Crippen LogP contribution in [0.25, 0.3) is 5.69 Å². The number of amides is 1. The van der Waals surface area contributed by atoms with E-state index in [1.807, 2.05) is 37.3 Å². The van der Waals surface area contributed by atoms with Crippen LogP contribution in [0.5, 0.6) is 0 Å². The van der Waals surface area contributed by atoms with Gasteiger partial charge in [0.1, 0.15) is 5.15 Å². The predicted octanol–water partition coefficient (Wildman–Crippen LogP) is 1.97. The molecular formula is C16H15ClN6O2. The normalized spacial score (nSPS) is 10.6. The van der Waals surface area contributed by atoms with Crippen LogP contribution in [0.15, 0.2) is 53.5 Å². The molecule has 1 aromatic carbocycles. The van der Waals surface area contributed by atoms with Crippen LogP contribution in [0.2, 0.25) is 5.15 Å². The highest BCUT2D eigenvalue weighted by atomic mass is 35.5. The van der Waals surface area contributed by atoms with E-state index in [9.17, 15) is 9.59 Å². The van der Waals surface area contributed by atoms with Crippen LogP contribution in [0.4, 0.5) is 4.79 Å². The number of tetrazole rings is 1. The summed E-state index contributed by atoms with van der Waals surface area (Å²) in [7, 11) is 0. The van der Waals surface area contributed by atoms with E-state index in [0.717, 1.165) is 14.9 Å². The van der Waals surface area contributed by atoms with Crippen molar-refractivity contribution in [3.63, 3.8) is 0 Å². The van der Waals surface area contributed by atoms with Crippen molar-refractivity contribution in [1.29, 1.82) is 0 Å². The second-order valence-corrected chi connectivity index (χ2v) is 5.59. The summed E-state index contributed by atoms with van der Waals surface area (Å²) >= 11 is 5.73. The lowest BCUT2D eigenvalue weighted by Gasteiger charge is -2.19. The fraction of sp³-hybridized carbons (Fsp3) is 0.188. The minimum atomic E-state index is -0.666. The largest absolute Gasteiger partial charge is 0.377 e. The first-order chi connectivity index (χ1) is 12.1. The maximum Gasteiger partial charge on any atom is 0.377 e. The highest BCUT2D eigenvalue weighted by Gasteiger charge is 2.20. The van der Waals surface area contributed by atoms with Crippen LogP contribution in [-0.4, -0.2) is 42.3 Å². The lowest BCUT2D eigenvalue weighted by molar-refractivity contribution is 0.195. The SMILES string of the molecule is CCN(Cc1ccccc1)C(=O)n1nnn(-c2ccc(Cl)nc2)c1=O. The van der Waals surface area contributed by atoms with Gasteiger partial charge in [0.15, 0.2) is 0 Å². The Morgan fingerprint density at radius 1 is 1.16 bits per heavy atom. The van der Waals surface area contributed by atoms with Crippen LogP contribution >= 0.6 is 11.6 Å². The van der Waals surface area contributed by atoms with Gasteiger partial charge >= 0.3 is 11.7 Å². The summed E-state index contributed by atoms with van der Waals surface area (Å²) < 4.78 is 1.73. The zero-order valence-corrected chi connectivity index (χ0v) is 14.2. The lowest BCUT2D eigenvalue weighted by atomic mass is 10.2. The summed E-state index contributed by atoms with van der Waals surface area (Å²) in [5, 5.41) is 7.73. The third-order valence-electron chi connectivity index (χ3n) is 3.59. The molecule has 1 amide bonds. The van der Waals surface area contributed by atoms with Gasteiger partial charge in [-0.05, 0) is 35.0 Å². The van der Waals surface area contributed by atoms with Crippen molar-refractivity contribution in [2.75, 3.05) is 6.54 Å². The molecule has 0 aliphatic rings. The molecule has 0 bridgehead atoms. The van der Waals surface area contributed by atoms with Crippen molar-refractivity contribution in [3.05, 3.63) is 69.9 Å². The van der Waals surface area contributed by atoms with Crippen LogP contribution in [0.1, 0.15) is 12.5 Å². The fourth-order valence-corrected chi connectivity index (χ4v) is 2.39. The van der Waals surface area contributed by atoms with Crippen molar-refractivity contribution in [1.82, 2.24) is 29.7 Å². The van der Waals surface area contributed by atoms with Crippen molar-refractivity contribution < 1.29 is 4.79 Å². The standard InChI is InChI=1S/C16H15ClN6O2/c1-2-21(11-12-6-4-3-5-7-12)15(24)23-16(25)22(19-20-23)13-8-9-14(17)18-10-13/h3-10H,2,11H2,1H3. The molecule has 2 aromatic heterocycles. The molecule has 3 rings (SSSR count). The quantitative estimate of drug-likeness (QED) is 0.525. The molecule has 0 radical (unpaired) electrons. The van der Waals surface area contributed by atoms with Gasteiger partial charge < -0.3 is 4.90 Å². The summed E-state index contributed by atoms with van der Waals surface area (Å²) in [6.45, 7) is 2.63. The van der Waals surface area contributed by atoms with Crippen molar-refractivity contribution in [2.45, 2.75) is 13.5 Å². The van der Waals surface area contributed by atoms with Crippen molar-refractivity contribution >= 4 is 17.6 Å². The maximum atomic E-state index is 12.6. The molecule has 0 aliphatic carbocycles. The first-order valence-corrected chi connectivity index (χ1v) is 7.98. The molecule has 128 valence electrons. The van der Waals surface area contributed by atoms with E-state index in [-0.39, 0.29) is 0 Å². The molecule has 0 atom stereocenters. The van der Waals surface area contributed by atoms with Gasteiger partial charge in [-0.1, -0.05) is 41.9 Å². The van der Waals surface area contributed by atoms with E-state index < -0.39 is 11.7 Å². The molecule has 0 saturated heterocycles. The second kappa shape index (κ2) is 7.27. The molecule has 3 aromatic rings. The summed E-state index contributed by atoms with van der Waals surface area (Å²) in [5.41, 5.74) is 0.667. The Morgan fingerprint density at radius 3 is 2.56 bits per heavy atom. The molecule has 2 heterocycles. The number of halogens is 1. The average molecular weight is 359 g/mol. The molecular weight excluding hydrogens is 344 g/mol. The molecule has 0 saturated carbocycles. The minimum absolute atomic E-state index is 0.292. The molecule has 0 aliphatic heterocycles. The number of pyridine rings is 1. The number of nitrogens with zero attached hydrogens (tertiary/aromatic N) is 6. The van der Waals surface area contributed by atoms with Gasteiger partial charge in [-0.3, -0.25) is 0 Å². The van der Waals surface area contributed by atoms with Crippen LogP contribution in [0.3, 0.4) is 0 Å². The first-order valence-electron chi connectivity index (χ1n) is 7.60. The maximum absolute atomic E-state index is 12.6. The Bertz CT molecular complexity index is 920. The van der Waals surface area contributed by atoms with Gasteiger partial charge in [0.2, 0.25) is 0 Å². The number of hydrogen-bond acceptors (Lipinski definition) is 5. The Morgan fingerprint density at radius 2 is 1.92 bits per heavy atom. The molecule has 0 fully saturated rings. The van der Waals surface area contributed by atoms with Gasteiger partial charge in [-0.25, -0.2) is 14.6 Å². The highest BCUT2D eigenvalue weighted by molar-refractivity contribution is 6.29. The zero-order valence-electron chi connectivity index (χ0n) is 13.4. The summed E-state index contributed by atoms with van der Waals surface area (Å²) in [4.78, 5) is 30.5. The van der Waals surface area contributed by atoms with Gasteiger partial charge in [-0.2, -0.15) is 4.68 Å². The minimum Gasteiger partial charge on any atom is -0.319 e. The molecule has 0 spiro atoms. The van der Waals surface area contributed by atoms with Crippen LogP contribution < -0.4 is 5.69 Å². The predicted molar refractivity (Wildman–Crippen MR) is 91.7 cm³/mol. The average Bonchev–Trinajstić information content (AvgIpc) is 3.02. The Kier molecular flexibility index (Phi) is 4.90. The number of rotatable bonds is 4. The molecule has 25 heavy (non-hydrogen) atoms. The van der Waals surface area contributed by atoms with E-state index in [0.29, 0.717) is 23.9 Å². The number of carbonyl (C=O) groups excluding carboxylic acids is 1. The number of aromatic nitrogens is 5. The smallest absolute Gasteiger partial charge is 0.319 e. The van der Waals surface area contributed by atoms with Crippen molar-refractivity contribution in [3.8, 4) is 5.69 Å². The van der Waals surface area contributed by atoms with Gasteiger partial charge in [0.05, 0.1) is 11.9 Å². The zero-order chi connectivity index (χ0) is 17.8. The van der Waals surface area contributed by atoms with E-state index in [1.165, 1.54) is 17.2 Å². The van der Waals surface area contributed by atoms with E-state index in [2.05, 4.69) is 15.4 Å².